The molecule has 0 aliphatic heterocycles. The second-order valence-corrected chi connectivity index (χ2v) is 7.38. The summed E-state index contributed by atoms with van der Waals surface area (Å²) in [6.07, 6.45) is 1.46. The van der Waals surface area contributed by atoms with Crippen LogP contribution in [0.5, 0.6) is 5.75 Å². The molecule has 0 radical (unpaired) electrons. The van der Waals surface area contributed by atoms with Crippen molar-refractivity contribution in [1.82, 2.24) is 4.98 Å². The number of rotatable bonds is 7. The Morgan fingerprint density at radius 1 is 1.11 bits per heavy atom. The van der Waals surface area contributed by atoms with Gasteiger partial charge in [0.15, 0.2) is 6.61 Å². The lowest BCUT2D eigenvalue weighted by atomic mass is 9.87. The second-order valence-electron chi connectivity index (χ2n) is 6.94. The van der Waals surface area contributed by atoms with Crippen molar-refractivity contribution in [2.24, 2.45) is 0 Å². The molecule has 1 heterocycles. The van der Waals surface area contributed by atoms with Gasteiger partial charge in [-0.1, -0.05) is 44.5 Å². The SMILES string of the molecule is CC(C)(C)c1ccc(OCCC(=O)OCC(=O)Nc2ccc(Cl)cn2)cc1. The average molecular weight is 391 g/mol. The van der Waals surface area contributed by atoms with Gasteiger partial charge in [0.05, 0.1) is 18.1 Å². The van der Waals surface area contributed by atoms with Gasteiger partial charge in [-0.25, -0.2) is 4.98 Å². The molecule has 2 aromatic rings. The lowest BCUT2D eigenvalue weighted by Crippen LogP contribution is -2.22. The van der Waals surface area contributed by atoms with E-state index in [1.165, 1.54) is 11.8 Å². The standard InChI is InChI=1S/C20H23ClN2O4/c1-20(2,3)14-4-7-16(8-5-14)26-11-10-19(25)27-13-18(24)23-17-9-6-15(21)12-22-17/h4-9,12H,10-11,13H2,1-3H3,(H,22,23,24). The number of carbonyl (C=O) groups excluding carboxylic acids is 2. The zero-order valence-corrected chi connectivity index (χ0v) is 16.4. The van der Waals surface area contributed by atoms with Crippen molar-refractivity contribution in [3.05, 3.63) is 53.2 Å². The minimum atomic E-state index is -0.513. The van der Waals surface area contributed by atoms with Crippen LogP contribution in [-0.2, 0) is 19.7 Å². The number of anilines is 1. The number of halogens is 1. The number of pyridine rings is 1. The van der Waals surface area contributed by atoms with Gasteiger partial charge in [-0.15, -0.1) is 0 Å². The summed E-state index contributed by atoms with van der Waals surface area (Å²) in [5.74, 6) is 0.0298. The summed E-state index contributed by atoms with van der Waals surface area (Å²) < 4.78 is 10.5. The third-order valence-corrected chi connectivity index (χ3v) is 3.88. The van der Waals surface area contributed by atoms with E-state index in [0.29, 0.717) is 16.6 Å². The summed E-state index contributed by atoms with van der Waals surface area (Å²) in [6, 6.07) is 10.9. The Labute approximate surface area is 163 Å². The Morgan fingerprint density at radius 2 is 1.81 bits per heavy atom. The van der Waals surface area contributed by atoms with Crippen LogP contribution in [0.1, 0.15) is 32.8 Å². The van der Waals surface area contributed by atoms with Crippen LogP contribution in [0, 0.1) is 0 Å². The van der Waals surface area contributed by atoms with Crippen LogP contribution in [-0.4, -0.2) is 30.1 Å². The molecule has 1 amide bonds. The first-order valence-electron chi connectivity index (χ1n) is 8.54. The van der Waals surface area contributed by atoms with Gasteiger partial charge in [0.1, 0.15) is 11.6 Å². The van der Waals surface area contributed by atoms with Crippen molar-refractivity contribution < 1.29 is 19.1 Å². The van der Waals surface area contributed by atoms with E-state index in [1.807, 2.05) is 24.3 Å². The zero-order valence-electron chi connectivity index (χ0n) is 15.6. The molecule has 0 bridgehead atoms. The molecule has 27 heavy (non-hydrogen) atoms. The number of nitrogens with zero attached hydrogens (tertiary/aromatic N) is 1. The van der Waals surface area contributed by atoms with E-state index in [-0.39, 0.29) is 25.0 Å². The highest BCUT2D eigenvalue weighted by molar-refractivity contribution is 6.30. The molecule has 0 saturated heterocycles. The molecule has 0 atom stereocenters. The minimum Gasteiger partial charge on any atom is -0.493 e. The third-order valence-electron chi connectivity index (χ3n) is 3.65. The molecule has 0 aliphatic rings. The van der Waals surface area contributed by atoms with Gasteiger partial charge < -0.3 is 14.8 Å². The maximum atomic E-state index is 11.7. The van der Waals surface area contributed by atoms with E-state index >= 15 is 0 Å². The Kier molecular flexibility index (Phi) is 7.19. The van der Waals surface area contributed by atoms with Gasteiger partial charge >= 0.3 is 5.97 Å². The summed E-state index contributed by atoms with van der Waals surface area (Å²) in [6.45, 7) is 6.20. The number of nitrogens with one attached hydrogen (secondary N) is 1. The van der Waals surface area contributed by atoms with Gasteiger partial charge in [-0.2, -0.15) is 0 Å². The fraction of sp³-hybridized carbons (Fsp3) is 0.350. The van der Waals surface area contributed by atoms with Crippen LogP contribution in [0.4, 0.5) is 5.82 Å². The molecule has 0 unspecified atom stereocenters. The molecular weight excluding hydrogens is 368 g/mol. The van der Waals surface area contributed by atoms with Crippen molar-refractivity contribution in [3.8, 4) is 5.75 Å². The van der Waals surface area contributed by atoms with E-state index < -0.39 is 11.9 Å². The highest BCUT2D eigenvalue weighted by atomic mass is 35.5. The number of esters is 1. The topological polar surface area (TPSA) is 77.5 Å². The maximum Gasteiger partial charge on any atom is 0.309 e. The molecule has 1 aromatic carbocycles. The molecule has 1 aromatic heterocycles. The van der Waals surface area contributed by atoms with Gasteiger partial charge in [0.25, 0.3) is 5.91 Å². The lowest BCUT2D eigenvalue weighted by molar-refractivity contribution is -0.147. The Bertz CT molecular complexity index is 768. The van der Waals surface area contributed by atoms with Gasteiger partial charge in [0.2, 0.25) is 0 Å². The largest absolute Gasteiger partial charge is 0.493 e. The molecular formula is C20H23ClN2O4. The molecule has 1 N–H and O–H groups in total. The summed E-state index contributed by atoms with van der Waals surface area (Å²) in [7, 11) is 0. The van der Waals surface area contributed by atoms with E-state index in [9.17, 15) is 9.59 Å². The van der Waals surface area contributed by atoms with Gasteiger partial charge in [-0.3, -0.25) is 9.59 Å². The van der Waals surface area contributed by atoms with Crippen LogP contribution in [0.15, 0.2) is 42.6 Å². The number of amides is 1. The van der Waals surface area contributed by atoms with Crippen LogP contribution < -0.4 is 10.1 Å². The fourth-order valence-electron chi connectivity index (χ4n) is 2.15. The molecule has 6 nitrogen and oxygen atoms in total. The molecule has 0 aliphatic carbocycles. The van der Waals surface area contributed by atoms with Crippen LogP contribution in [0.3, 0.4) is 0 Å². The molecule has 0 fully saturated rings. The highest BCUT2D eigenvalue weighted by Gasteiger charge is 2.13. The van der Waals surface area contributed by atoms with Crippen LogP contribution >= 0.6 is 11.6 Å². The van der Waals surface area contributed by atoms with Crippen LogP contribution in [0.2, 0.25) is 5.02 Å². The van der Waals surface area contributed by atoms with Crippen LogP contribution in [0.25, 0.3) is 0 Å². The predicted octanol–water partition coefficient (Wildman–Crippen LogP) is 3.98. The van der Waals surface area contributed by atoms with Gasteiger partial charge in [0, 0.05) is 6.20 Å². The Morgan fingerprint density at radius 3 is 2.41 bits per heavy atom. The Balaban J connectivity index is 1.67. The number of hydrogen-bond acceptors (Lipinski definition) is 5. The smallest absolute Gasteiger partial charge is 0.309 e. The monoisotopic (exact) mass is 390 g/mol. The molecule has 2 rings (SSSR count). The minimum absolute atomic E-state index is 0.0491. The summed E-state index contributed by atoms with van der Waals surface area (Å²) >= 11 is 5.71. The maximum absolute atomic E-state index is 11.7. The normalized spacial score (nSPS) is 11.0. The number of carbonyl (C=O) groups is 2. The molecule has 0 spiro atoms. The van der Waals surface area contributed by atoms with E-state index in [2.05, 4.69) is 31.1 Å². The number of benzene rings is 1. The second kappa shape index (κ2) is 9.37. The molecule has 0 saturated carbocycles. The zero-order chi connectivity index (χ0) is 19.9. The third kappa shape index (κ3) is 7.27. The first-order valence-corrected chi connectivity index (χ1v) is 8.92. The summed E-state index contributed by atoms with van der Waals surface area (Å²) in [5, 5.41) is 2.97. The first-order chi connectivity index (χ1) is 12.7. The lowest BCUT2D eigenvalue weighted by Gasteiger charge is -2.19. The van der Waals surface area contributed by atoms with Crippen molar-refractivity contribution in [2.75, 3.05) is 18.5 Å². The number of ether oxygens (including phenoxy) is 2. The molecule has 7 heteroatoms. The quantitative estimate of drug-likeness (QED) is 0.723. The molecule has 144 valence electrons. The summed E-state index contributed by atoms with van der Waals surface area (Å²) in [4.78, 5) is 27.3. The number of aromatic nitrogens is 1. The summed E-state index contributed by atoms with van der Waals surface area (Å²) in [5.41, 5.74) is 1.28. The Hall–Kier alpha value is -2.60. The van der Waals surface area contributed by atoms with E-state index in [1.54, 1.807) is 12.1 Å². The van der Waals surface area contributed by atoms with Crippen molar-refractivity contribution >= 4 is 29.3 Å². The fourth-order valence-corrected chi connectivity index (χ4v) is 2.26. The predicted molar refractivity (Wildman–Crippen MR) is 104 cm³/mol. The van der Waals surface area contributed by atoms with Gasteiger partial charge in [-0.05, 0) is 35.2 Å². The van der Waals surface area contributed by atoms with Crippen molar-refractivity contribution in [1.29, 1.82) is 0 Å². The first kappa shape index (κ1) is 20.7. The van der Waals surface area contributed by atoms with Crippen molar-refractivity contribution in [2.45, 2.75) is 32.6 Å². The number of hydrogen-bond donors (Lipinski definition) is 1. The van der Waals surface area contributed by atoms with E-state index in [0.717, 1.165) is 0 Å². The van der Waals surface area contributed by atoms with Crippen molar-refractivity contribution in [3.63, 3.8) is 0 Å². The van der Waals surface area contributed by atoms with E-state index in [4.69, 9.17) is 21.1 Å². The average Bonchev–Trinajstić information content (AvgIpc) is 2.62. The highest BCUT2D eigenvalue weighted by Crippen LogP contribution is 2.24.